The van der Waals surface area contributed by atoms with Gasteiger partial charge in [-0.2, -0.15) is 17.0 Å². The van der Waals surface area contributed by atoms with Crippen LogP contribution in [0.2, 0.25) is 0 Å². The first-order valence-corrected chi connectivity index (χ1v) is 8.89. The maximum absolute atomic E-state index is 12.4. The summed E-state index contributed by atoms with van der Waals surface area (Å²) in [6.45, 7) is 7.09. The van der Waals surface area contributed by atoms with Gasteiger partial charge in [0.1, 0.15) is 0 Å². The van der Waals surface area contributed by atoms with Gasteiger partial charge in [-0.05, 0) is 25.0 Å². The van der Waals surface area contributed by atoms with E-state index in [-0.39, 0.29) is 0 Å². The van der Waals surface area contributed by atoms with E-state index < -0.39 is 10.2 Å². The van der Waals surface area contributed by atoms with Gasteiger partial charge in [-0.1, -0.05) is 19.9 Å². The van der Waals surface area contributed by atoms with Crippen LogP contribution < -0.4 is 5.32 Å². The van der Waals surface area contributed by atoms with E-state index in [4.69, 9.17) is 4.74 Å². The quantitative estimate of drug-likeness (QED) is 0.505. The molecule has 0 fully saturated rings. The summed E-state index contributed by atoms with van der Waals surface area (Å²) < 4.78 is 33.0. The highest BCUT2D eigenvalue weighted by molar-refractivity contribution is 7.86. The van der Waals surface area contributed by atoms with Crippen LogP contribution >= 0.6 is 0 Å². The lowest BCUT2D eigenvalue weighted by Crippen LogP contribution is -2.44. The molecule has 21 heavy (non-hydrogen) atoms. The van der Waals surface area contributed by atoms with Crippen LogP contribution in [0.5, 0.6) is 0 Å². The molecule has 0 unspecified atom stereocenters. The van der Waals surface area contributed by atoms with E-state index >= 15 is 0 Å². The Bertz CT molecular complexity index is 435. The SMILES string of the molecule is COCC1=CCN(S(=O)(=O)N(C)CCCNC(C)C)CC1. The van der Waals surface area contributed by atoms with Crippen LogP contribution in [-0.2, 0) is 14.9 Å². The third-order valence-electron chi connectivity index (χ3n) is 3.52. The fraction of sp³-hybridized carbons (Fsp3) is 0.857. The molecular formula is C14H29N3O3S. The van der Waals surface area contributed by atoms with Gasteiger partial charge < -0.3 is 10.1 Å². The van der Waals surface area contributed by atoms with Crippen molar-refractivity contribution in [3.05, 3.63) is 11.6 Å². The highest BCUT2D eigenvalue weighted by atomic mass is 32.2. The summed E-state index contributed by atoms with van der Waals surface area (Å²) in [7, 11) is -0.0401. The Kier molecular flexibility index (Phi) is 7.83. The van der Waals surface area contributed by atoms with E-state index in [0.717, 1.165) is 19.4 Å². The Morgan fingerprint density at radius 2 is 2.19 bits per heavy atom. The topological polar surface area (TPSA) is 61.9 Å². The van der Waals surface area contributed by atoms with Gasteiger partial charge in [-0.25, -0.2) is 0 Å². The average Bonchev–Trinajstić information content (AvgIpc) is 2.44. The highest BCUT2D eigenvalue weighted by Gasteiger charge is 2.27. The van der Waals surface area contributed by atoms with E-state index in [9.17, 15) is 8.42 Å². The first kappa shape index (κ1) is 18.6. The first-order chi connectivity index (χ1) is 9.87. The minimum absolute atomic E-state index is 0.429. The molecule has 0 aromatic rings. The van der Waals surface area contributed by atoms with Crippen LogP contribution in [0.3, 0.4) is 0 Å². The van der Waals surface area contributed by atoms with Crippen LogP contribution in [-0.4, -0.2) is 70.0 Å². The Hall–Kier alpha value is -0.470. The Morgan fingerprint density at radius 3 is 2.71 bits per heavy atom. The fourth-order valence-electron chi connectivity index (χ4n) is 2.22. The molecule has 0 saturated carbocycles. The van der Waals surface area contributed by atoms with Crippen LogP contribution in [0.25, 0.3) is 0 Å². The maximum atomic E-state index is 12.4. The predicted octanol–water partition coefficient (Wildman–Crippen LogP) is 0.830. The first-order valence-electron chi connectivity index (χ1n) is 7.49. The smallest absolute Gasteiger partial charge is 0.282 e. The number of ether oxygens (including phenoxy) is 1. The Balaban J connectivity index is 2.45. The molecule has 124 valence electrons. The van der Waals surface area contributed by atoms with E-state index in [1.807, 2.05) is 6.08 Å². The van der Waals surface area contributed by atoms with Gasteiger partial charge in [-0.15, -0.1) is 0 Å². The van der Waals surface area contributed by atoms with Gasteiger partial charge in [0.05, 0.1) is 6.61 Å². The van der Waals surface area contributed by atoms with Crippen molar-refractivity contribution >= 4 is 10.2 Å². The number of rotatable bonds is 9. The summed E-state index contributed by atoms with van der Waals surface area (Å²) in [6.07, 6.45) is 3.51. The maximum Gasteiger partial charge on any atom is 0.282 e. The number of hydrogen-bond donors (Lipinski definition) is 1. The largest absolute Gasteiger partial charge is 0.380 e. The van der Waals surface area contributed by atoms with Crippen LogP contribution in [0.4, 0.5) is 0 Å². The summed E-state index contributed by atoms with van der Waals surface area (Å²) in [5.41, 5.74) is 1.17. The van der Waals surface area contributed by atoms with Crippen molar-refractivity contribution < 1.29 is 13.2 Å². The monoisotopic (exact) mass is 319 g/mol. The lowest BCUT2D eigenvalue weighted by Gasteiger charge is -2.29. The van der Waals surface area contributed by atoms with Gasteiger partial charge in [-0.3, -0.25) is 0 Å². The Labute approximate surface area is 129 Å². The molecule has 0 amide bonds. The molecule has 7 heteroatoms. The van der Waals surface area contributed by atoms with Gasteiger partial charge in [0.15, 0.2) is 0 Å². The summed E-state index contributed by atoms with van der Waals surface area (Å²) in [6, 6.07) is 0.429. The predicted molar refractivity (Wildman–Crippen MR) is 85.5 cm³/mol. The standard InChI is InChI=1S/C14H29N3O3S/c1-13(2)15-8-5-9-16(3)21(18,19)17-10-6-14(7-11-17)12-20-4/h6,13,15H,5,7-12H2,1-4H3. The molecule has 0 spiro atoms. The van der Waals surface area contributed by atoms with Gasteiger partial charge in [0, 0.05) is 39.8 Å². The van der Waals surface area contributed by atoms with Crippen LogP contribution in [0.15, 0.2) is 11.6 Å². The van der Waals surface area contributed by atoms with E-state index in [1.54, 1.807) is 14.2 Å². The molecule has 0 saturated heterocycles. The van der Waals surface area contributed by atoms with Crippen molar-refractivity contribution in [1.82, 2.24) is 13.9 Å². The number of nitrogens with one attached hydrogen (secondary N) is 1. The highest BCUT2D eigenvalue weighted by Crippen LogP contribution is 2.16. The fourth-order valence-corrected chi connectivity index (χ4v) is 3.56. The molecular weight excluding hydrogens is 290 g/mol. The molecule has 0 aliphatic carbocycles. The second-order valence-electron chi connectivity index (χ2n) is 5.70. The van der Waals surface area contributed by atoms with Crippen molar-refractivity contribution in [2.75, 3.05) is 46.9 Å². The minimum atomic E-state index is -3.35. The Morgan fingerprint density at radius 1 is 1.48 bits per heavy atom. The zero-order valence-electron chi connectivity index (χ0n) is 13.6. The molecule has 1 rings (SSSR count). The van der Waals surface area contributed by atoms with Crippen molar-refractivity contribution in [2.45, 2.75) is 32.7 Å². The van der Waals surface area contributed by atoms with Crippen molar-refractivity contribution in [3.63, 3.8) is 0 Å². The second kappa shape index (κ2) is 8.85. The summed E-state index contributed by atoms with van der Waals surface area (Å²) in [5.74, 6) is 0. The number of nitrogens with zero attached hydrogens (tertiary/aromatic N) is 2. The van der Waals surface area contributed by atoms with E-state index in [2.05, 4.69) is 19.2 Å². The summed E-state index contributed by atoms with van der Waals surface area (Å²) in [5, 5.41) is 3.29. The minimum Gasteiger partial charge on any atom is -0.380 e. The molecule has 0 bridgehead atoms. The third kappa shape index (κ3) is 6.04. The number of methoxy groups -OCH3 is 1. The van der Waals surface area contributed by atoms with Crippen molar-refractivity contribution in [2.24, 2.45) is 0 Å². The van der Waals surface area contributed by atoms with Crippen molar-refractivity contribution in [3.8, 4) is 0 Å². The molecule has 1 N–H and O–H groups in total. The van der Waals surface area contributed by atoms with Crippen LogP contribution in [0.1, 0.15) is 26.7 Å². The van der Waals surface area contributed by atoms with Gasteiger partial charge >= 0.3 is 0 Å². The average molecular weight is 319 g/mol. The molecule has 1 heterocycles. The summed E-state index contributed by atoms with van der Waals surface area (Å²) in [4.78, 5) is 0. The van der Waals surface area contributed by atoms with Gasteiger partial charge in [0.25, 0.3) is 10.2 Å². The van der Waals surface area contributed by atoms with E-state index in [0.29, 0.717) is 32.3 Å². The second-order valence-corrected chi connectivity index (χ2v) is 7.73. The molecule has 6 nitrogen and oxygen atoms in total. The normalized spacial score (nSPS) is 17.5. The van der Waals surface area contributed by atoms with Gasteiger partial charge in [0.2, 0.25) is 0 Å². The molecule has 0 atom stereocenters. The molecule has 0 aromatic carbocycles. The summed E-state index contributed by atoms with van der Waals surface area (Å²) >= 11 is 0. The van der Waals surface area contributed by atoms with Crippen LogP contribution in [0, 0.1) is 0 Å². The van der Waals surface area contributed by atoms with E-state index in [1.165, 1.54) is 14.2 Å². The third-order valence-corrected chi connectivity index (χ3v) is 5.47. The molecule has 1 aliphatic rings. The molecule has 0 radical (unpaired) electrons. The van der Waals surface area contributed by atoms with Crippen molar-refractivity contribution in [1.29, 1.82) is 0 Å². The zero-order chi connectivity index (χ0) is 15.9. The zero-order valence-corrected chi connectivity index (χ0v) is 14.4. The lowest BCUT2D eigenvalue weighted by atomic mass is 10.1. The number of hydrogen-bond acceptors (Lipinski definition) is 4. The lowest BCUT2D eigenvalue weighted by molar-refractivity contribution is 0.218. The molecule has 1 aliphatic heterocycles. The molecule has 0 aromatic heterocycles.